The topological polar surface area (TPSA) is 85.7 Å². The maximum absolute atomic E-state index is 12.5. The molecule has 3 rings (SSSR count). The Labute approximate surface area is 176 Å². The Hall–Kier alpha value is -2.61. The number of aromatic amines is 1. The fourth-order valence-corrected chi connectivity index (χ4v) is 3.91. The summed E-state index contributed by atoms with van der Waals surface area (Å²) in [4.78, 5) is 17.5. The molecule has 0 unspecified atom stereocenters. The minimum absolute atomic E-state index is 0.0400. The summed E-state index contributed by atoms with van der Waals surface area (Å²) in [5, 5.41) is 15.1. The lowest BCUT2D eigenvalue weighted by molar-refractivity contribution is 0.398. The van der Waals surface area contributed by atoms with Crippen molar-refractivity contribution in [3.05, 3.63) is 50.5 Å². The van der Waals surface area contributed by atoms with Gasteiger partial charge in [-0.2, -0.15) is 5.10 Å². The predicted molar refractivity (Wildman–Crippen MR) is 119 cm³/mol. The van der Waals surface area contributed by atoms with Gasteiger partial charge in [0.15, 0.2) is 4.77 Å². The first kappa shape index (κ1) is 21.1. The van der Waals surface area contributed by atoms with E-state index in [1.165, 1.54) is 5.69 Å². The van der Waals surface area contributed by atoms with Crippen LogP contribution in [0, 0.1) is 4.77 Å². The van der Waals surface area contributed by atoms with E-state index in [0.29, 0.717) is 18.7 Å². The third kappa shape index (κ3) is 4.37. The average molecular weight is 416 g/mol. The van der Waals surface area contributed by atoms with E-state index in [1.807, 2.05) is 0 Å². The normalized spacial score (nSPS) is 15.8. The molecule has 0 aliphatic carbocycles. The molecule has 29 heavy (non-hydrogen) atoms. The summed E-state index contributed by atoms with van der Waals surface area (Å²) in [6.45, 7) is 8.82. The van der Waals surface area contributed by atoms with Gasteiger partial charge in [0.25, 0.3) is 5.56 Å². The second-order valence-corrected chi connectivity index (χ2v) is 7.56. The van der Waals surface area contributed by atoms with Crippen LogP contribution in [0.25, 0.3) is 0 Å². The van der Waals surface area contributed by atoms with Crippen LogP contribution in [-0.4, -0.2) is 33.5 Å². The molecule has 156 valence electrons. The number of aromatic nitrogens is 2. The zero-order chi connectivity index (χ0) is 21.0. The van der Waals surface area contributed by atoms with Crippen LogP contribution in [0.1, 0.15) is 57.2 Å². The minimum Gasteiger partial charge on any atom is -0.494 e. The summed E-state index contributed by atoms with van der Waals surface area (Å²) in [7, 11) is 0. The smallest absolute Gasteiger partial charge is 0.264 e. The monoisotopic (exact) mass is 415 g/mol. The van der Waals surface area contributed by atoms with Gasteiger partial charge in [0.2, 0.25) is 5.88 Å². The fourth-order valence-electron chi connectivity index (χ4n) is 3.64. The second-order valence-electron chi connectivity index (χ2n) is 7.17. The Morgan fingerprint density at radius 3 is 2.55 bits per heavy atom. The van der Waals surface area contributed by atoms with Crippen molar-refractivity contribution in [1.82, 2.24) is 15.0 Å². The Morgan fingerprint density at radius 2 is 1.93 bits per heavy atom. The van der Waals surface area contributed by atoms with Crippen molar-refractivity contribution < 1.29 is 5.11 Å². The number of benzene rings is 1. The van der Waals surface area contributed by atoms with Crippen LogP contribution in [0.5, 0.6) is 5.88 Å². The number of hydrogen-bond acceptors (Lipinski definition) is 6. The standard InChI is InChI=1S/C21H29N5O2S/c1-4-7-12-26-20(28)18(19(27)22-21(26)29)17-13-16(23-24-17)14-8-10-15(11-9-14)25(5-2)6-3/h8-11,16,23,28H,4-7,12-13H2,1-3H3,(H,22,27,29)/t16-/m0/s1. The van der Waals surface area contributed by atoms with Crippen molar-refractivity contribution in [2.75, 3.05) is 18.0 Å². The van der Waals surface area contributed by atoms with E-state index in [9.17, 15) is 9.90 Å². The van der Waals surface area contributed by atoms with E-state index in [4.69, 9.17) is 12.2 Å². The van der Waals surface area contributed by atoms with Gasteiger partial charge in [-0.05, 0) is 50.2 Å². The average Bonchev–Trinajstić information content (AvgIpc) is 3.19. The van der Waals surface area contributed by atoms with Crippen molar-refractivity contribution in [2.45, 2.75) is 52.6 Å². The molecule has 1 aromatic carbocycles. The summed E-state index contributed by atoms with van der Waals surface area (Å²) in [6.07, 6.45) is 2.34. The number of nitrogens with one attached hydrogen (secondary N) is 2. The molecule has 3 N–H and O–H groups in total. The van der Waals surface area contributed by atoms with Crippen molar-refractivity contribution in [3.63, 3.8) is 0 Å². The largest absolute Gasteiger partial charge is 0.494 e. The molecular formula is C21H29N5O2S. The molecule has 0 saturated heterocycles. The SMILES string of the molecule is CCCCn1c(O)c(C2=NN[C@H](c3ccc(N(CC)CC)cc3)C2)c(=O)[nH]c1=S. The maximum Gasteiger partial charge on any atom is 0.264 e. The van der Waals surface area contributed by atoms with E-state index in [1.54, 1.807) is 4.57 Å². The molecule has 0 radical (unpaired) electrons. The number of hydrazone groups is 1. The Kier molecular flexibility index (Phi) is 6.74. The molecule has 7 nitrogen and oxygen atoms in total. The molecule has 1 aliphatic heterocycles. The molecule has 0 spiro atoms. The number of anilines is 1. The van der Waals surface area contributed by atoms with Crippen molar-refractivity contribution in [1.29, 1.82) is 0 Å². The Balaban J connectivity index is 1.82. The number of aromatic hydroxyl groups is 1. The zero-order valence-corrected chi connectivity index (χ0v) is 18.1. The van der Waals surface area contributed by atoms with E-state index in [2.05, 4.69) is 65.4 Å². The van der Waals surface area contributed by atoms with Crippen LogP contribution in [0.2, 0.25) is 0 Å². The molecule has 0 saturated carbocycles. The Morgan fingerprint density at radius 1 is 1.24 bits per heavy atom. The van der Waals surface area contributed by atoms with Gasteiger partial charge in [0, 0.05) is 31.7 Å². The molecule has 1 aromatic heterocycles. The van der Waals surface area contributed by atoms with Crippen molar-refractivity contribution >= 4 is 23.6 Å². The number of nitrogens with zero attached hydrogens (tertiary/aromatic N) is 3. The van der Waals surface area contributed by atoms with Gasteiger partial charge in [-0.15, -0.1) is 0 Å². The van der Waals surface area contributed by atoms with Gasteiger partial charge in [0.05, 0.1) is 11.8 Å². The third-order valence-electron chi connectivity index (χ3n) is 5.37. The second kappa shape index (κ2) is 9.26. The first-order valence-electron chi connectivity index (χ1n) is 10.2. The van der Waals surface area contributed by atoms with E-state index in [0.717, 1.165) is 31.5 Å². The molecule has 1 aliphatic rings. The molecule has 2 heterocycles. The first-order chi connectivity index (χ1) is 14.0. The molecule has 0 fully saturated rings. The molecule has 0 amide bonds. The highest BCUT2D eigenvalue weighted by molar-refractivity contribution is 7.71. The zero-order valence-electron chi connectivity index (χ0n) is 17.2. The number of H-pyrrole nitrogens is 1. The van der Waals surface area contributed by atoms with Crippen LogP contribution in [0.4, 0.5) is 5.69 Å². The lowest BCUT2D eigenvalue weighted by Crippen LogP contribution is -2.23. The number of rotatable bonds is 8. The summed E-state index contributed by atoms with van der Waals surface area (Å²) in [6, 6.07) is 8.35. The minimum atomic E-state index is -0.404. The summed E-state index contributed by atoms with van der Waals surface area (Å²) in [5.74, 6) is -0.106. The third-order valence-corrected chi connectivity index (χ3v) is 5.70. The van der Waals surface area contributed by atoms with Crippen LogP contribution >= 0.6 is 12.2 Å². The highest BCUT2D eigenvalue weighted by atomic mass is 32.1. The maximum atomic E-state index is 12.5. The van der Waals surface area contributed by atoms with E-state index in [-0.39, 0.29) is 22.3 Å². The number of hydrogen-bond donors (Lipinski definition) is 3. The van der Waals surface area contributed by atoms with Gasteiger partial charge in [-0.1, -0.05) is 25.5 Å². The Bertz CT molecular complexity index is 990. The molecule has 0 bridgehead atoms. The highest BCUT2D eigenvalue weighted by Gasteiger charge is 2.26. The van der Waals surface area contributed by atoms with Crippen molar-refractivity contribution in [2.24, 2.45) is 5.10 Å². The van der Waals surface area contributed by atoms with Crippen LogP contribution < -0.4 is 15.9 Å². The van der Waals surface area contributed by atoms with Crippen LogP contribution in [0.3, 0.4) is 0 Å². The molecule has 2 aromatic rings. The molecular weight excluding hydrogens is 386 g/mol. The lowest BCUT2D eigenvalue weighted by atomic mass is 9.99. The van der Waals surface area contributed by atoms with Gasteiger partial charge in [-0.3, -0.25) is 14.3 Å². The van der Waals surface area contributed by atoms with Crippen molar-refractivity contribution in [3.8, 4) is 5.88 Å². The summed E-state index contributed by atoms with van der Waals surface area (Å²) in [5.41, 5.74) is 5.72. The van der Waals surface area contributed by atoms with Gasteiger partial charge in [-0.25, -0.2) is 0 Å². The quantitative estimate of drug-likeness (QED) is 0.573. The van der Waals surface area contributed by atoms with E-state index < -0.39 is 5.56 Å². The van der Waals surface area contributed by atoms with Gasteiger partial charge >= 0.3 is 0 Å². The number of unbranched alkanes of at least 4 members (excludes halogenated alkanes) is 1. The van der Waals surface area contributed by atoms with E-state index >= 15 is 0 Å². The summed E-state index contributed by atoms with van der Waals surface area (Å²) >= 11 is 5.22. The predicted octanol–water partition coefficient (Wildman–Crippen LogP) is 3.70. The van der Waals surface area contributed by atoms with Gasteiger partial charge < -0.3 is 15.4 Å². The van der Waals surface area contributed by atoms with Gasteiger partial charge in [0.1, 0.15) is 5.56 Å². The van der Waals surface area contributed by atoms with Crippen LogP contribution in [-0.2, 0) is 6.54 Å². The summed E-state index contributed by atoms with van der Waals surface area (Å²) < 4.78 is 1.81. The first-order valence-corrected chi connectivity index (χ1v) is 10.6. The molecule has 8 heteroatoms. The lowest BCUT2D eigenvalue weighted by Gasteiger charge is -2.21. The molecule has 1 atom stereocenters. The highest BCUT2D eigenvalue weighted by Crippen LogP contribution is 2.28. The fraction of sp³-hybridized carbons (Fsp3) is 0.476. The van der Waals surface area contributed by atoms with Crippen LogP contribution in [0.15, 0.2) is 34.2 Å².